The quantitative estimate of drug-likeness (QED) is 0.786. The Bertz CT molecular complexity index is 473. The van der Waals surface area contributed by atoms with Crippen LogP contribution in [0.1, 0.15) is 25.0 Å². The first-order valence-electron chi connectivity index (χ1n) is 5.62. The van der Waals surface area contributed by atoms with Gasteiger partial charge in [-0.1, -0.05) is 6.08 Å². The third kappa shape index (κ3) is 1.97. The van der Waals surface area contributed by atoms with Crippen molar-refractivity contribution in [2.45, 2.75) is 26.4 Å². The monoisotopic (exact) mass is 234 g/mol. The molecule has 3 nitrogen and oxygen atoms in total. The molecule has 17 heavy (non-hydrogen) atoms. The summed E-state index contributed by atoms with van der Waals surface area (Å²) in [6.07, 6.45) is 4.13. The van der Waals surface area contributed by atoms with Gasteiger partial charge in [0.2, 0.25) is 0 Å². The smallest absolute Gasteiger partial charge is 0.164 e. The highest BCUT2D eigenvalue weighted by Gasteiger charge is 2.25. The summed E-state index contributed by atoms with van der Waals surface area (Å²) < 4.78 is 16.6. The lowest BCUT2D eigenvalue weighted by atomic mass is 9.98. The van der Waals surface area contributed by atoms with Gasteiger partial charge in [-0.05, 0) is 26.8 Å². The second-order valence-corrected chi connectivity index (χ2v) is 4.69. The third-order valence-corrected chi connectivity index (χ3v) is 2.94. The fraction of sp³-hybridized carbons (Fsp3) is 0.429. The molecule has 0 atom stereocenters. The molecule has 3 heteroatoms. The molecule has 1 aliphatic rings. The maximum atomic E-state index is 5.92. The van der Waals surface area contributed by atoms with Crippen LogP contribution in [-0.4, -0.2) is 19.8 Å². The van der Waals surface area contributed by atoms with E-state index in [-0.39, 0.29) is 5.60 Å². The van der Waals surface area contributed by atoms with Crippen LogP contribution in [0.25, 0.3) is 6.08 Å². The van der Waals surface area contributed by atoms with Crippen LogP contribution >= 0.6 is 0 Å². The topological polar surface area (TPSA) is 27.7 Å². The van der Waals surface area contributed by atoms with Crippen LogP contribution < -0.4 is 14.2 Å². The Balaban J connectivity index is 2.61. The van der Waals surface area contributed by atoms with Crippen molar-refractivity contribution in [1.29, 1.82) is 0 Å². The van der Waals surface area contributed by atoms with Crippen molar-refractivity contribution in [3.63, 3.8) is 0 Å². The number of ether oxygens (including phenoxy) is 3. The predicted octanol–water partition coefficient (Wildman–Crippen LogP) is 3.20. The Morgan fingerprint density at radius 1 is 1.18 bits per heavy atom. The second-order valence-electron chi connectivity index (χ2n) is 4.69. The van der Waals surface area contributed by atoms with E-state index in [9.17, 15) is 0 Å². The average molecular weight is 234 g/mol. The first-order chi connectivity index (χ1) is 7.98. The molecule has 0 saturated heterocycles. The molecule has 0 unspecified atom stereocenters. The predicted molar refractivity (Wildman–Crippen MR) is 68.0 cm³/mol. The van der Waals surface area contributed by atoms with Gasteiger partial charge in [0, 0.05) is 17.2 Å². The van der Waals surface area contributed by atoms with Gasteiger partial charge in [0.05, 0.1) is 14.2 Å². The number of methoxy groups -OCH3 is 2. The van der Waals surface area contributed by atoms with Gasteiger partial charge in [0.1, 0.15) is 11.4 Å². The van der Waals surface area contributed by atoms with Crippen LogP contribution in [0.5, 0.6) is 17.2 Å². The maximum absolute atomic E-state index is 5.92. The number of hydrogen-bond donors (Lipinski definition) is 0. The third-order valence-electron chi connectivity index (χ3n) is 2.94. The molecule has 0 radical (unpaired) electrons. The van der Waals surface area contributed by atoms with Crippen molar-refractivity contribution >= 4 is 6.08 Å². The van der Waals surface area contributed by atoms with Crippen molar-refractivity contribution < 1.29 is 14.2 Å². The second kappa shape index (κ2) is 3.99. The summed E-state index contributed by atoms with van der Waals surface area (Å²) in [5.41, 5.74) is 1.81. The summed E-state index contributed by atoms with van der Waals surface area (Å²) in [7, 11) is 3.28. The Hall–Kier alpha value is -1.64. The molecule has 0 saturated carbocycles. The van der Waals surface area contributed by atoms with Crippen LogP contribution in [-0.2, 0) is 0 Å². The standard InChI is InChI=1S/C14H18O3/c1-9-10-6-7-14(2,3)17-11(10)8-12(15-4)13(9)16-5/h6-8H,1-5H3. The van der Waals surface area contributed by atoms with Crippen LogP contribution in [0.4, 0.5) is 0 Å². The van der Waals surface area contributed by atoms with E-state index in [1.807, 2.05) is 32.9 Å². The van der Waals surface area contributed by atoms with E-state index in [1.165, 1.54) is 0 Å². The van der Waals surface area contributed by atoms with Crippen LogP contribution in [0, 0.1) is 6.92 Å². The molecule has 0 fully saturated rings. The molecule has 0 aromatic heterocycles. The summed E-state index contributed by atoms with van der Waals surface area (Å²) >= 11 is 0. The molecule has 1 aromatic rings. The van der Waals surface area contributed by atoms with E-state index < -0.39 is 0 Å². The van der Waals surface area contributed by atoms with Crippen molar-refractivity contribution in [3.05, 3.63) is 23.3 Å². The zero-order valence-electron chi connectivity index (χ0n) is 11.0. The zero-order chi connectivity index (χ0) is 12.6. The van der Waals surface area contributed by atoms with Gasteiger partial charge in [-0.15, -0.1) is 0 Å². The van der Waals surface area contributed by atoms with E-state index in [1.54, 1.807) is 14.2 Å². The average Bonchev–Trinajstić information content (AvgIpc) is 2.27. The van der Waals surface area contributed by atoms with Crippen LogP contribution in [0.2, 0.25) is 0 Å². The van der Waals surface area contributed by atoms with E-state index in [4.69, 9.17) is 14.2 Å². The molecule has 1 aliphatic heterocycles. The molecular weight excluding hydrogens is 216 g/mol. The van der Waals surface area contributed by atoms with Gasteiger partial charge >= 0.3 is 0 Å². The van der Waals surface area contributed by atoms with Gasteiger partial charge in [0.15, 0.2) is 11.5 Å². The maximum Gasteiger partial charge on any atom is 0.164 e. The molecule has 0 spiro atoms. The van der Waals surface area contributed by atoms with Crippen molar-refractivity contribution in [3.8, 4) is 17.2 Å². The van der Waals surface area contributed by atoms with Crippen molar-refractivity contribution in [1.82, 2.24) is 0 Å². The van der Waals surface area contributed by atoms with Crippen molar-refractivity contribution in [2.75, 3.05) is 14.2 Å². The lowest BCUT2D eigenvalue weighted by molar-refractivity contribution is 0.158. The summed E-state index contributed by atoms with van der Waals surface area (Å²) in [5.74, 6) is 2.31. The van der Waals surface area contributed by atoms with E-state index in [0.717, 1.165) is 22.6 Å². The Morgan fingerprint density at radius 3 is 2.47 bits per heavy atom. The minimum Gasteiger partial charge on any atom is -0.493 e. The van der Waals surface area contributed by atoms with Crippen LogP contribution in [0.3, 0.4) is 0 Å². The van der Waals surface area contributed by atoms with Crippen LogP contribution in [0.15, 0.2) is 12.1 Å². The van der Waals surface area contributed by atoms with E-state index in [2.05, 4.69) is 6.08 Å². The van der Waals surface area contributed by atoms with Gasteiger partial charge in [-0.3, -0.25) is 0 Å². The highest BCUT2D eigenvalue weighted by Crippen LogP contribution is 2.42. The van der Waals surface area contributed by atoms with E-state index in [0.29, 0.717) is 5.75 Å². The first kappa shape index (κ1) is 11.8. The molecule has 0 bridgehead atoms. The van der Waals surface area contributed by atoms with E-state index >= 15 is 0 Å². The molecule has 0 N–H and O–H groups in total. The molecular formula is C14H18O3. The molecule has 0 aliphatic carbocycles. The Morgan fingerprint density at radius 2 is 1.88 bits per heavy atom. The SMILES string of the molecule is COc1cc2c(c(C)c1OC)C=CC(C)(C)O2. The van der Waals surface area contributed by atoms with Gasteiger partial charge in [-0.25, -0.2) is 0 Å². The lowest BCUT2D eigenvalue weighted by Gasteiger charge is -2.29. The fourth-order valence-electron chi connectivity index (χ4n) is 2.05. The minimum atomic E-state index is -0.279. The number of rotatable bonds is 2. The zero-order valence-corrected chi connectivity index (χ0v) is 11.0. The highest BCUT2D eigenvalue weighted by atomic mass is 16.5. The minimum absolute atomic E-state index is 0.279. The number of fused-ring (bicyclic) bond motifs is 1. The molecule has 1 heterocycles. The molecule has 1 aromatic carbocycles. The Labute approximate surface area is 102 Å². The molecule has 92 valence electrons. The normalized spacial score (nSPS) is 16.1. The molecule has 2 rings (SSSR count). The summed E-state index contributed by atoms with van der Waals surface area (Å²) in [6, 6.07) is 1.88. The van der Waals surface area contributed by atoms with Gasteiger partial charge in [0.25, 0.3) is 0 Å². The summed E-state index contributed by atoms with van der Waals surface area (Å²) in [5, 5.41) is 0. The van der Waals surface area contributed by atoms with Crippen molar-refractivity contribution in [2.24, 2.45) is 0 Å². The lowest BCUT2D eigenvalue weighted by Crippen LogP contribution is -2.27. The largest absolute Gasteiger partial charge is 0.493 e. The molecule has 0 amide bonds. The summed E-state index contributed by atoms with van der Waals surface area (Å²) in [6.45, 7) is 6.06. The van der Waals surface area contributed by atoms with Gasteiger partial charge in [-0.2, -0.15) is 0 Å². The Kier molecular flexibility index (Phi) is 2.77. The summed E-state index contributed by atoms with van der Waals surface area (Å²) in [4.78, 5) is 0. The first-order valence-corrected chi connectivity index (χ1v) is 5.62. The number of benzene rings is 1. The number of hydrogen-bond acceptors (Lipinski definition) is 3. The fourth-order valence-corrected chi connectivity index (χ4v) is 2.05. The van der Waals surface area contributed by atoms with Gasteiger partial charge < -0.3 is 14.2 Å². The highest BCUT2D eigenvalue weighted by molar-refractivity contribution is 5.70.